The minimum absolute atomic E-state index is 0.00260. The first kappa shape index (κ1) is 15.8. The molecule has 22 heavy (non-hydrogen) atoms. The standard InChI is InChI=1S/C15H22ClN3O3/c1-10-12(16)8-18(17-10)9-14(21)19-6-5-15(22-2)4-3-11(20)7-13(15)19/h8,11,13,20H,3-7,9H2,1-2H3/t11?,13?,15-/m1/s1. The number of aliphatic hydroxyl groups excluding tert-OH is 1. The number of hydrogen-bond donors (Lipinski definition) is 1. The molecule has 0 aromatic carbocycles. The Hall–Kier alpha value is -1.11. The number of methoxy groups -OCH3 is 1. The third-order valence-corrected chi connectivity index (χ3v) is 5.44. The van der Waals surface area contributed by atoms with Crippen molar-refractivity contribution in [2.24, 2.45) is 0 Å². The van der Waals surface area contributed by atoms with E-state index in [1.165, 1.54) is 0 Å². The van der Waals surface area contributed by atoms with Gasteiger partial charge in [-0.3, -0.25) is 9.48 Å². The molecule has 3 atom stereocenters. The normalized spacial score (nSPS) is 31.4. The molecule has 0 bridgehead atoms. The molecule has 1 aliphatic heterocycles. The highest BCUT2D eigenvalue weighted by atomic mass is 35.5. The lowest BCUT2D eigenvalue weighted by molar-refractivity contribution is -0.140. The fourth-order valence-corrected chi connectivity index (χ4v) is 3.93. The van der Waals surface area contributed by atoms with Gasteiger partial charge in [0.2, 0.25) is 5.91 Å². The van der Waals surface area contributed by atoms with E-state index in [4.69, 9.17) is 16.3 Å². The maximum Gasteiger partial charge on any atom is 0.244 e. The van der Waals surface area contributed by atoms with Crippen LogP contribution in [-0.4, -0.2) is 57.1 Å². The summed E-state index contributed by atoms with van der Waals surface area (Å²) in [7, 11) is 1.70. The van der Waals surface area contributed by atoms with Gasteiger partial charge in [-0.1, -0.05) is 11.6 Å². The zero-order chi connectivity index (χ0) is 15.9. The van der Waals surface area contributed by atoms with Crippen LogP contribution in [0.15, 0.2) is 6.20 Å². The highest BCUT2D eigenvalue weighted by Crippen LogP contribution is 2.42. The van der Waals surface area contributed by atoms with Crippen molar-refractivity contribution < 1.29 is 14.6 Å². The molecule has 0 spiro atoms. The summed E-state index contributed by atoms with van der Waals surface area (Å²) in [6.07, 6.45) is 4.25. The average molecular weight is 328 g/mol. The second-order valence-electron chi connectivity index (χ2n) is 6.31. The minimum Gasteiger partial charge on any atom is -0.393 e. The summed E-state index contributed by atoms with van der Waals surface area (Å²) in [6.45, 7) is 2.64. The zero-order valence-electron chi connectivity index (χ0n) is 13.0. The molecule has 3 rings (SSSR count). The smallest absolute Gasteiger partial charge is 0.244 e. The quantitative estimate of drug-likeness (QED) is 0.910. The molecular formula is C15H22ClN3O3. The number of aryl methyl sites for hydroxylation is 1. The number of aliphatic hydroxyl groups is 1. The summed E-state index contributed by atoms with van der Waals surface area (Å²) < 4.78 is 7.33. The molecule has 7 heteroatoms. The van der Waals surface area contributed by atoms with Gasteiger partial charge in [-0.2, -0.15) is 5.10 Å². The Balaban J connectivity index is 1.75. The van der Waals surface area contributed by atoms with E-state index in [-0.39, 0.29) is 30.2 Å². The van der Waals surface area contributed by atoms with E-state index in [2.05, 4.69) is 5.10 Å². The molecule has 0 radical (unpaired) electrons. The fraction of sp³-hybridized carbons (Fsp3) is 0.733. The highest BCUT2D eigenvalue weighted by molar-refractivity contribution is 6.31. The summed E-state index contributed by atoms with van der Waals surface area (Å²) in [6, 6.07) is -0.0547. The SMILES string of the molecule is CO[C@@]12CCC(O)CC1N(C(=O)Cn1cc(Cl)c(C)n1)CC2. The van der Waals surface area contributed by atoms with Gasteiger partial charge in [-0.15, -0.1) is 0 Å². The minimum atomic E-state index is -0.358. The predicted molar refractivity (Wildman–Crippen MR) is 81.7 cm³/mol. The summed E-state index contributed by atoms with van der Waals surface area (Å²) >= 11 is 5.99. The van der Waals surface area contributed by atoms with E-state index in [0.717, 1.165) is 25.0 Å². The summed E-state index contributed by atoms with van der Waals surface area (Å²) in [4.78, 5) is 14.5. The van der Waals surface area contributed by atoms with Crippen LogP contribution in [0.4, 0.5) is 0 Å². The van der Waals surface area contributed by atoms with Crippen molar-refractivity contribution in [3.63, 3.8) is 0 Å². The molecule has 122 valence electrons. The first-order chi connectivity index (χ1) is 10.4. The van der Waals surface area contributed by atoms with Crippen LogP contribution in [0.3, 0.4) is 0 Å². The number of carbonyl (C=O) groups is 1. The summed E-state index contributed by atoms with van der Waals surface area (Å²) in [5, 5.41) is 14.8. The number of carbonyl (C=O) groups excluding carboxylic acids is 1. The molecule has 1 saturated heterocycles. The topological polar surface area (TPSA) is 67.6 Å². The van der Waals surface area contributed by atoms with Gasteiger partial charge >= 0.3 is 0 Å². The van der Waals surface area contributed by atoms with Crippen molar-refractivity contribution in [1.29, 1.82) is 0 Å². The van der Waals surface area contributed by atoms with Gasteiger partial charge < -0.3 is 14.7 Å². The lowest BCUT2D eigenvalue weighted by Crippen LogP contribution is -2.53. The first-order valence-electron chi connectivity index (χ1n) is 7.67. The summed E-state index contributed by atoms with van der Waals surface area (Å²) in [5.74, 6) is -0.00260. The third-order valence-electron chi connectivity index (χ3n) is 5.07. The average Bonchev–Trinajstić information content (AvgIpc) is 3.00. The van der Waals surface area contributed by atoms with Gasteiger partial charge in [0.1, 0.15) is 6.54 Å². The van der Waals surface area contributed by atoms with E-state index in [1.807, 2.05) is 11.8 Å². The highest BCUT2D eigenvalue weighted by Gasteiger charge is 2.52. The molecule has 2 aliphatic rings. The van der Waals surface area contributed by atoms with Crippen LogP contribution < -0.4 is 0 Å². The number of ether oxygens (including phenoxy) is 1. The van der Waals surface area contributed by atoms with Crippen molar-refractivity contribution >= 4 is 17.5 Å². The molecule has 1 aromatic heterocycles. The zero-order valence-corrected chi connectivity index (χ0v) is 13.7. The van der Waals surface area contributed by atoms with Crippen molar-refractivity contribution in [3.05, 3.63) is 16.9 Å². The molecule has 6 nitrogen and oxygen atoms in total. The second kappa shape index (κ2) is 5.83. The maximum atomic E-state index is 12.6. The van der Waals surface area contributed by atoms with Gasteiger partial charge in [0.15, 0.2) is 0 Å². The van der Waals surface area contributed by atoms with Crippen LogP contribution in [-0.2, 0) is 16.1 Å². The monoisotopic (exact) mass is 327 g/mol. The third kappa shape index (κ3) is 2.64. The Morgan fingerprint density at radius 3 is 3.00 bits per heavy atom. The second-order valence-corrected chi connectivity index (χ2v) is 6.72. The van der Waals surface area contributed by atoms with Gasteiger partial charge in [0.05, 0.1) is 28.5 Å². The molecule has 1 aliphatic carbocycles. The van der Waals surface area contributed by atoms with Crippen LogP contribution in [0.2, 0.25) is 5.02 Å². The number of fused-ring (bicyclic) bond motifs is 1. The number of halogens is 1. The molecule has 1 aromatic rings. The molecule has 1 N–H and O–H groups in total. The van der Waals surface area contributed by atoms with Gasteiger partial charge in [0, 0.05) is 19.9 Å². The fourth-order valence-electron chi connectivity index (χ4n) is 3.78. The number of rotatable bonds is 3. The predicted octanol–water partition coefficient (Wildman–Crippen LogP) is 1.38. The Morgan fingerprint density at radius 2 is 2.36 bits per heavy atom. The molecule has 2 heterocycles. The van der Waals surface area contributed by atoms with E-state index in [9.17, 15) is 9.90 Å². The first-order valence-corrected chi connectivity index (χ1v) is 8.05. The molecule has 2 unspecified atom stereocenters. The molecule has 1 amide bonds. The van der Waals surface area contributed by atoms with Crippen LogP contribution in [0, 0.1) is 6.92 Å². The summed E-state index contributed by atoms with van der Waals surface area (Å²) in [5.41, 5.74) is 0.419. The van der Waals surface area contributed by atoms with Crippen molar-refractivity contribution in [2.75, 3.05) is 13.7 Å². The van der Waals surface area contributed by atoms with Gasteiger partial charge in [-0.05, 0) is 32.6 Å². The number of hydrogen-bond acceptors (Lipinski definition) is 4. The number of aromatic nitrogens is 2. The largest absolute Gasteiger partial charge is 0.393 e. The van der Waals surface area contributed by atoms with Crippen molar-refractivity contribution in [1.82, 2.24) is 14.7 Å². The Bertz CT molecular complexity index is 557. The van der Waals surface area contributed by atoms with E-state index in [0.29, 0.717) is 18.0 Å². The lowest BCUT2D eigenvalue weighted by atomic mass is 9.79. The number of amides is 1. The molecular weight excluding hydrogens is 306 g/mol. The van der Waals surface area contributed by atoms with E-state index < -0.39 is 0 Å². The molecule has 2 fully saturated rings. The maximum absolute atomic E-state index is 12.6. The van der Waals surface area contributed by atoms with Crippen LogP contribution in [0.25, 0.3) is 0 Å². The van der Waals surface area contributed by atoms with Crippen molar-refractivity contribution in [2.45, 2.75) is 56.9 Å². The van der Waals surface area contributed by atoms with Crippen LogP contribution in [0.1, 0.15) is 31.4 Å². The Morgan fingerprint density at radius 1 is 1.59 bits per heavy atom. The lowest BCUT2D eigenvalue weighted by Gasteiger charge is -2.42. The Kier molecular flexibility index (Phi) is 4.18. The van der Waals surface area contributed by atoms with Gasteiger partial charge in [-0.25, -0.2) is 0 Å². The van der Waals surface area contributed by atoms with Crippen molar-refractivity contribution in [3.8, 4) is 0 Å². The number of likely N-dealkylation sites (tertiary alicyclic amines) is 1. The van der Waals surface area contributed by atoms with Crippen LogP contribution in [0.5, 0.6) is 0 Å². The van der Waals surface area contributed by atoms with E-state index >= 15 is 0 Å². The molecule has 1 saturated carbocycles. The van der Waals surface area contributed by atoms with E-state index in [1.54, 1.807) is 18.0 Å². The number of nitrogens with zero attached hydrogens (tertiary/aromatic N) is 3. The Labute approximate surface area is 135 Å². The van der Waals surface area contributed by atoms with Crippen LogP contribution >= 0.6 is 11.6 Å². The van der Waals surface area contributed by atoms with Gasteiger partial charge in [0.25, 0.3) is 0 Å².